The van der Waals surface area contributed by atoms with E-state index in [9.17, 15) is 14.4 Å². The van der Waals surface area contributed by atoms with Gasteiger partial charge in [-0.25, -0.2) is 4.79 Å². The van der Waals surface area contributed by atoms with Crippen LogP contribution in [-0.2, 0) is 15.0 Å². The van der Waals surface area contributed by atoms with Gasteiger partial charge in [0, 0.05) is 73.3 Å². The highest BCUT2D eigenvalue weighted by molar-refractivity contribution is 6.35. The van der Waals surface area contributed by atoms with Crippen LogP contribution in [0.15, 0.2) is 28.8 Å². The van der Waals surface area contributed by atoms with Gasteiger partial charge >= 0.3 is 6.03 Å². The molecule has 12 nitrogen and oxygen atoms in total. The van der Waals surface area contributed by atoms with Crippen LogP contribution >= 0.6 is 0 Å². The van der Waals surface area contributed by atoms with Gasteiger partial charge in [0.25, 0.3) is 5.91 Å². The van der Waals surface area contributed by atoms with Crippen LogP contribution in [0.2, 0.25) is 0 Å². The van der Waals surface area contributed by atoms with Gasteiger partial charge in [-0.15, -0.1) is 0 Å². The normalized spacial score (nSPS) is 16.3. The lowest BCUT2D eigenvalue weighted by Crippen LogP contribution is -2.44. The van der Waals surface area contributed by atoms with Gasteiger partial charge in [-0.1, -0.05) is 32.0 Å². The summed E-state index contributed by atoms with van der Waals surface area (Å²) in [5.74, 6) is 0.676. The first-order chi connectivity index (χ1) is 20.0. The van der Waals surface area contributed by atoms with E-state index in [0.717, 1.165) is 55.4 Å². The number of carbonyl (C=O) groups excluding carboxylic acids is 3. The molecule has 222 valence electrons. The Labute approximate surface area is 244 Å². The van der Waals surface area contributed by atoms with E-state index < -0.39 is 6.03 Å². The summed E-state index contributed by atoms with van der Waals surface area (Å²) >= 11 is 0. The molecule has 4 heterocycles. The highest BCUT2D eigenvalue weighted by Crippen LogP contribution is 2.36. The third-order valence-electron chi connectivity index (χ3n) is 7.45. The molecule has 5 rings (SSSR count). The van der Waals surface area contributed by atoms with E-state index in [-0.39, 0.29) is 17.2 Å². The molecule has 4 amide bonds. The Morgan fingerprint density at radius 2 is 1.86 bits per heavy atom. The lowest BCUT2D eigenvalue weighted by molar-refractivity contribution is -0.116. The summed E-state index contributed by atoms with van der Waals surface area (Å²) < 4.78 is 5.31. The number of rotatable bonds is 7. The summed E-state index contributed by atoms with van der Waals surface area (Å²) in [5.41, 5.74) is 5.21. The molecule has 2 aliphatic heterocycles. The number of hydrogen-bond donors (Lipinski definition) is 6. The number of piperazine rings is 1. The number of nitrogens with zero attached hydrogens (tertiary/aromatic N) is 2. The largest absolute Gasteiger partial charge is 0.359 e. The average molecular weight is 575 g/mol. The number of aromatic nitrogens is 2. The van der Waals surface area contributed by atoms with Crippen molar-refractivity contribution in [3.05, 3.63) is 52.5 Å². The van der Waals surface area contributed by atoms with E-state index in [0.29, 0.717) is 40.5 Å². The van der Waals surface area contributed by atoms with Crippen molar-refractivity contribution < 1.29 is 18.9 Å². The van der Waals surface area contributed by atoms with E-state index in [1.54, 1.807) is 30.3 Å². The number of carbonyl (C=O) groups is 3. The Morgan fingerprint density at radius 3 is 2.57 bits per heavy atom. The smallest absolute Gasteiger partial charge is 0.324 e. The first kappa shape index (κ1) is 29.1. The number of H-pyrrole nitrogens is 1. The molecule has 3 aromatic rings. The number of benzene rings is 1. The highest BCUT2D eigenvalue weighted by atomic mass is 16.5. The molecule has 0 atom stereocenters. The number of aromatic amines is 1. The number of urea groups is 1. The van der Waals surface area contributed by atoms with Crippen LogP contribution in [0.1, 0.15) is 55.5 Å². The summed E-state index contributed by atoms with van der Waals surface area (Å²) in [6.07, 6.45) is 2.21. The molecule has 0 bridgehead atoms. The zero-order valence-electron chi connectivity index (χ0n) is 24.7. The molecule has 0 saturated carbocycles. The van der Waals surface area contributed by atoms with Gasteiger partial charge in [-0.05, 0) is 37.6 Å². The molecule has 6 N–H and O–H groups in total. The number of amides is 4. The van der Waals surface area contributed by atoms with Gasteiger partial charge in [0.15, 0.2) is 5.82 Å². The Balaban J connectivity index is 1.25. The van der Waals surface area contributed by atoms with E-state index in [4.69, 9.17) is 4.52 Å². The van der Waals surface area contributed by atoms with Crippen molar-refractivity contribution in [3.8, 4) is 0 Å². The molecular formula is C30H38N8O4. The van der Waals surface area contributed by atoms with Crippen molar-refractivity contribution in [1.29, 1.82) is 0 Å². The minimum absolute atomic E-state index is 0.0378. The lowest BCUT2D eigenvalue weighted by Gasteiger charge is -2.26. The van der Waals surface area contributed by atoms with E-state index in [2.05, 4.69) is 41.6 Å². The number of fused-ring (bicyclic) bond motifs is 1. The Hall–Kier alpha value is -4.42. The Morgan fingerprint density at radius 1 is 1.10 bits per heavy atom. The van der Waals surface area contributed by atoms with Crippen LogP contribution in [-0.4, -0.2) is 65.6 Å². The predicted octanol–water partition coefficient (Wildman–Crippen LogP) is 4.29. The quantitative estimate of drug-likeness (QED) is 0.230. The first-order valence-electron chi connectivity index (χ1n) is 14.1. The monoisotopic (exact) mass is 574 g/mol. The van der Waals surface area contributed by atoms with Crippen molar-refractivity contribution in [2.75, 3.05) is 54.0 Å². The highest BCUT2D eigenvalue weighted by Gasteiger charge is 2.26. The van der Waals surface area contributed by atoms with Gasteiger partial charge in [-0.3, -0.25) is 14.9 Å². The molecule has 0 unspecified atom stereocenters. The van der Waals surface area contributed by atoms with Crippen LogP contribution in [0.3, 0.4) is 0 Å². The average Bonchev–Trinajstić information content (AvgIpc) is 3.60. The molecular weight excluding hydrogens is 536 g/mol. The Kier molecular flexibility index (Phi) is 8.19. The topological polar surface area (TPSA) is 156 Å². The first-order valence-corrected chi connectivity index (χ1v) is 14.1. The maximum absolute atomic E-state index is 12.9. The van der Waals surface area contributed by atoms with E-state index >= 15 is 0 Å². The van der Waals surface area contributed by atoms with Crippen LogP contribution in [0.25, 0.3) is 11.6 Å². The summed E-state index contributed by atoms with van der Waals surface area (Å²) in [6.45, 7) is 14.3. The van der Waals surface area contributed by atoms with Crippen LogP contribution in [0, 0.1) is 13.8 Å². The second-order valence-electron chi connectivity index (χ2n) is 11.7. The summed E-state index contributed by atoms with van der Waals surface area (Å²) in [7, 11) is 0. The van der Waals surface area contributed by atoms with Crippen molar-refractivity contribution in [2.24, 2.45) is 0 Å². The van der Waals surface area contributed by atoms with Gasteiger partial charge < -0.3 is 35.7 Å². The zero-order valence-corrected chi connectivity index (χ0v) is 24.7. The van der Waals surface area contributed by atoms with Crippen LogP contribution < -0.4 is 26.6 Å². The zero-order chi connectivity index (χ0) is 30.0. The number of anilines is 4. The molecule has 42 heavy (non-hydrogen) atoms. The molecule has 2 aromatic heterocycles. The van der Waals surface area contributed by atoms with Crippen molar-refractivity contribution in [3.63, 3.8) is 0 Å². The fourth-order valence-electron chi connectivity index (χ4n) is 5.03. The van der Waals surface area contributed by atoms with Crippen molar-refractivity contribution in [2.45, 2.75) is 46.5 Å². The predicted molar refractivity (Wildman–Crippen MR) is 164 cm³/mol. The third-order valence-corrected chi connectivity index (χ3v) is 7.45. The summed E-state index contributed by atoms with van der Waals surface area (Å²) in [6, 6.07) is 6.42. The minimum atomic E-state index is -0.483. The molecule has 1 aromatic carbocycles. The van der Waals surface area contributed by atoms with Gasteiger partial charge in [0.2, 0.25) is 5.91 Å². The maximum Gasteiger partial charge on any atom is 0.324 e. The fraction of sp³-hybridized carbons (Fsp3) is 0.400. The van der Waals surface area contributed by atoms with Gasteiger partial charge in [-0.2, -0.15) is 0 Å². The third kappa shape index (κ3) is 6.55. The molecule has 12 heteroatoms. The van der Waals surface area contributed by atoms with Crippen molar-refractivity contribution >= 4 is 52.4 Å². The molecule has 0 spiro atoms. The summed E-state index contributed by atoms with van der Waals surface area (Å²) in [4.78, 5) is 43.7. The number of nitrogens with one attached hydrogen (secondary N) is 6. The van der Waals surface area contributed by atoms with E-state index in [1.165, 1.54) is 0 Å². The molecule has 2 aliphatic rings. The van der Waals surface area contributed by atoms with Crippen LogP contribution in [0.4, 0.5) is 27.7 Å². The molecule has 1 saturated heterocycles. The van der Waals surface area contributed by atoms with Gasteiger partial charge in [0.05, 0.1) is 16.9 Å². The SMILES string of the molecule is Cc1[nH]c(/C=C2\C(=O)Nc3cc(NC(=O)Nc4cc(C(C)(C)C)on4)ccc32)c(C)c1NC(=O)CCN1CCNCC1. The lowest BCUT2D eigenvalue weighted by atomic mass is 9.93. The standard InChI is InChI=1S/C30H38N8O4/c1-17-22(32-18(2)27(17)36-26(39)8-11-38-12-9-31-10-13-38)15-21-20-7-6-19(14-23(20)34-28(21)40)33-29(41)35-25-16-24(42-37-25)30(3,4)5/h6-7,14-16,31-32H,8-13H2,1-5H3,(H,34,40)(H,36,39)(H2,33,35,37,41)/b21-15-. The second-order valence-corrected chi connectivity index (χ2v) is 11.7. The maximum atomic E-state index is 12.9. The molecule has 1 fully saturated rings. The second kappa shape index (κ2) is 11.8. The minimum Gasteiger partial charge on any atom is -0.359 e. The van der Waals surface area contributed by atoms with E-state index in [1.807, 2.05) is 34.6 Å². The molecule has 0 aliphatic carbocycles. The molecule has 0 radical (unpaired) electrons. The Bertz CT molecular complexity index is 1540. The fourth-order valence-corrected chi connectivity index (χ4v) is 5.03. The van der Waals surface area contributed by atoms with Gasteiger partial charge in [0.1, 0.15) is 5.76 Å². The van der Waals surface area contributed by atoms with Crippen molar-refractivity contribution in [1.82, 2.24) is 20.4 Å². The number of aryl methyl sites for hydroxylation is 1. The number of hydrogen-bond acceptors (Lipinski definition) is 7. The van der Waals surface area contributed by atoms with Crippen LogP contribution in [0.5, 0.6) is 0 Å². The summed E-state index contributed by atoms with van der Waals surface area (Å²) in [5, 5.41) is 18.6.